The molecule has 19 heavy (non-hydrogen) atoms. The first-order valence-electron chi connectivity index (χ1n) is 6.23. The lowest BCUT2D eigenvalue weighted by atomic mass is 10.1. The van der Waals surface area contributed by atoms with Crippen molar-refractivity contribution < 1.29 is 0 Å². The second kappa shape index (κ2) is 6.04. The van der Waals surface area contributed by atoms with Gasteiger partial charge in [-0.05, 0) is 37.7 Å². The third-order valence-corrected chi connectivity index (χ3v) is 3.61. The molecule has 2 rings (SSSR count). The summed E-state index contributed by atoms with van der Waals surface area (Å²) >= 11 is 5.91. The van der Waals surface area contributed by atoms with E-state index >= 15 is 0 Å². The van der Waals surface area contributed by atoms with Crippen LogP contribution < -0.4 is 5.73 Å². The number of nitrogen functional groups attached to an aromatic ring is 1. The number of hydrogen-bond donors (Lipinski definition) is 1. The minimum Gasteiger partial charge on any atom is -0.383 e. The number of nitrogens with zero attached hydrogens (tertiary/aromatic N) is 2. The van der Waals surface area contributed by atoms with Gasteiger partial charge < -0.3 is 5.73 Å². The Bertz CT molecular complexity index is 539. The molecular formula is C15H18ClN3. The molecule has 4 heteroatoms. The Morgan fingerprint density at radius 2 is 1.95 bits per heavy atom. The van der Waals surface area contributed by atoms with E-state index in [0.29, 0.717) is 5.82 Å². The normalized spacial score (nSPS) is 12.6. The maximum Gasteiger partial charge on any atom is 0.127 e. The van der Waals surface area contributed by atoms with Crippen LogP contribution in [0.1, 0.15) is 24.1 Å². The van der Waals surface area contributed by atoms with Crippen molar-refractivity contribution in [1.29, 1.82) is 0 Å². The fourth-order valence-corrected chi connectivity index (χ4v) is 2.11. The topological polar surface area (TPSA) is 42.2 Å². The number of nitrogens with two attached hydrogens (primary N) is 1. The van der Waals surface area contributed by atoms with Gasteiger partial charge in [0.25, 0.3) is 0 Å². The van der Waals surface area contributed by atoms with Gasteiger partial charge in [-0.3, -0.25) is 4.90 Å². The molecule has 0 aliphatic heterocycles. The average Bonchev–Trinajstić information content (AvgIpc) is 2.41. The van der Waals surface area contributed by atoms with Gasteiger partial charge in [0.15, 0.2) is 0 Å². The Labute approximate surface area is 119 Å². The predicted molar refractivity (Wildman–Crippen MR) is 80.0 cm³/mol. The van der Waals surface area contributed by atoms with Crippen LogP contribution >= 0.6 is 11.6 Å². The summed E-state index contributed by atoms with van der Waals surface area (Å²) in [5.74, 6) is 0.595. The molecule has 1 atom stereocenters. The lowest BCUT2D eigenvalue weighted by molar-refractivity contribution is 0.253. The SMILES string of the molecule is CC(c1ccc(Cl)cc1)N(C)Cc1cccnc1N. The monoisotopic (exact) mass is 275 g/mol. The number of hydrogen-bond acceptors (Lipinski definition) is 3. The zero-order valence-electron chi connectivity index (χ0n) is 11.2. The maximum atomic E-state index is 5.91. The van der Waals surface area contributed by atoms with Crippen LogP contribution in [0, 0.1) is 0 Å². The van der Waals surface area contributed by atoms with E-state index in [4.69, 9.17) is 17.3 Å². The van der Waals surface area contributed by atoms with Crippen molar-refractivity contribution in [2.75, 3.05) is 12.8 Å². The van der Waals surface area contributed by atoms with Crippen LogP contribution in [0.5, 0.6) is 0 Å². The highest BCUT2D eigenvalue weighted by atomic mass is 35.5. The minimum absolute atomic E-state index is 0.289. The van der Waals surface area contributed by atoms with E-state index in [9.17, 15) is 0 Å². The summed E-state index contributed by atoms with van der Waals surface area (Å²) in [4.78, 5) is 6.34. The zero-order valence-corrected chi connectivity index (χ0v) is 11.9. The van der Waals surface area contributed by atoms with Gasteiger partial charge >= 0.3 is 0 Å². The number of halogens is 1. The van der Waals surface area contributed by atoms with Crippen LogP contribution in [0.15, 0.2) is 42.6 Å². The van der Waals surface area contributed by atoms with Gasteiger partial charge in [-0.25, -0.2) is 4.98 Å². The number of rotatable bonds is 4. The van der Waals surface area contributed by atoms with E-state index < -0.39 is 0 Å². The van der Waals surface area contributed by atoms with Gasteiger partial charge in [-0.1, -0.05) is 29.8 Å². The third-order valence-electron chi connectivity index (χ3n) is 3.36. The van der Waals surface area contributed by atoms with Crippen LogP contribution in [0.25, 0.3) is 0 Å². The predicted octanol–water partition coefficient (Wildman–Crippen LogP) is 3.51. The fourth-order valence-electron chi connectivity index (χ4n) is 1.99. The Morgan fingerprint density at radius 3 is 2.58 bits per heavy atom. The van der Waals surface area contributed by atoms with Crippen molar-refractivity contribution in [3.8, 4) is 0 Å². The van der Waals surface area contributed by atoms with E-state index in [2.05, 4.69) is 36.0 Å². The first-order chi connectivity index (χ1) is 9.08. The summed E-state index contributed by atoms with van der Waals surface area (Å²) in [7, 11) is 2.08. The van der Waals surface area contributed by atoms with Crippen molar-refractivity contribution in [2.24, 2.45) is 0 Å². The van der Waals surface area contributed by atoms with Crippen LogP contribution in [-0.4, -0.2) is 16.9 Å². The second-order valence-electron chi connectivity index (χ2n) is 4.69. The van der Waals surface area contributed by atoms with Gasteiger partial charge in [0, 0.05) is 29.4 Å². The third kappa shape index (κ3) is 3.46. The van der Waals surface area contributed by atoms with Crippen molar-refractivity contribution in [3.05, 3.63) is 58.7 Å². The molecule has 0 amide bonds. The van der Waals surface area contributed by atoms with E-state index in [1.54, 1.807) is 6.20 Å². The van der Waals surface area contributed by atoms with Crippen molar-refractivity contribution >= 4 is 17.4 Å². The van der Waals surface area contributed by atoms with Crippen LogP contribution in [-0.2, 0) is 6.54 Å². The smallest absolute Gasteiger partial charge is 0.127 e. The molecule has 1 aromatic heterocycles. The lowest BCUT2D eigenvalue weighted by Gasteiger charge is -2.25. The van der Waals surface area contributed by atoms with E-state index in [0.717, 1.165) is 17.1 Å². The Morgan fingerprint density at radius 1 is 1.26 bits per heavy atom. The van der Waals surface area contributed by atoms with Gasteiger partial charge in [0.05, 0.1) is 0 Å². The number of benzene rings is 1. The molecule has 0 radical (unpaired) electrons. The standard InChI is InChI=1S/C15H18ClN3/c1-11(12-5-7-14(16)8-6-12)19(2)10-13-4-3-9-18-15(13)17/h3-9,11H,10H2,1-2H3,(H2,17,18). The molecule has 0 saturated carbocycles. The van der Waals surface area contributed by atoms with Crippen molar-refractivity contribution in [3.63, 3.8) is 0 Å². The van der Waals surface area contributed by atoms with E-state index in [1.165, 1.54) is 5.56 Å². The van der Waals surface area contributed by atoms with Gasteiger partial charge in [0.1, 0.15) is 5.82 Å². The lowest BCUT2D eigenvalue weighted by Crippen LogP contribution is -2.22. The van der Waals surface area contributed by atoms with Crippen molar-refractivity contribution in [1.82, 2.24) is 9.88 Å². The largest absolute Gasteiger partial charge is 0.383 e. The molecule has 100 valence electrons. The average molecular weight is 276 g/mol. The highest BCUT2D eigenvalue weighted by Gasteiger charge is 2.13. The number of aromatic nitrogens is 1. The van der Waals surface area contributed by atoms with Crippen molar-refractivity contribution in [2.45, 2.75) is 19.5 Å². The molecule has 1 aromatic carbocycles. The first-order valence-corrected chi connectivity index (χ1v) is 6.61. The van der Waals surface area contributed by atoms with Gasteiger partial charge in [-0.15, -0.1) is 0 Å². The highest BCUT2D eigenvalue weighted by Crippen LogP contribution is 2.23. The number of anilines is 1. The Balaban J connectivity index is 2.09. The molecule has 1 unspecified atom stereocenters. The Hall–Kier alpha value is -1.58. The molecule has 0 saturated heterocycles. The molecule has 0 bridgehead atoms. The number of pyridine rings is 1. The Kier molecular flexibility index (Phi) is 4.40. The second-order valence-corrected chi connectivity index (χ2v) is 5.13. The van der Waals surface area contributed by atoms with Gasteiger partial charge in [0.2, 0.25) is 0 Å². The summed E-state index contributed by atoms with van der Waals surface area (Å²) in [6.07, 6.45) is 1.71. The summed E-state index contributed by atoms with van der Waals surface area (Å²) in [5, 5.41) is 0.759. The molecule has 0 fully saturated rings. The highest BCUT2D eigenvalue weighted by molar-refractivity contribution is 6.30. The summed E-state index contributed by atoms with van der Waals surface area (Å²) in [6.45, 7) is 2.93. The first kappa shape index (κ1) is 13.8. The maximum absolute atomic E-state index is 5.91. The summed E-state index contributed by atoms with van der Waals surface area (Å²) < 4.78 is 0. The molecule has 0 aliphatic carbocycles. The molecule has 1 heterocycles. The van der Waals surface area contributed by atoms with E-state index in [1.807, 2.05) is 24.3 Å². The molecule has 0 aliphatic rings. The minimum atomic E-state index is 0.289. The molecular weight excluding hydrogens is 258 g/mol. The summed E-state index contributed by atoms with van der Waals surface area (Å²) in [6, 6.07) is 12.1. The molecule has 3 nitrogen and oxygen atoms in total. The van der Waals surface area contributed by atoms with Crippen LogP contribution in [0.4, 0.5) is 5.82 Å². The fraction of sp³-hybridized carbons (Fsp3) is 0.267. The van der Waals surface area contributed by atoms with Crippen LogP contribution in [0.2, 0.25) is 5.02 Å². The van der Waals surface area contributed by atoms with Crippen LogP contribution in [0.3, 0.4) is 0 Å². The van der Waals surface area contributed by atoms with E-state index in [-0.39, 0.29) is 6.04 Å². The quantitative estimate of drug-likeness (QED) is 0.928. The van der Waals surface area contributed by atoms with Gasteiger partial charge in [-0.2, -0.15) is 0 Å². The summed E-state index contributed by atoms with van der Waals surface area (Å²) in [5.41, 5.74) is 8.15. The molecule has 0 spiro atoms. The zero-order chi connectivity index (χ0) is 13.8. The molecule has 2 N–H and O–H groups in total. The molecule has 2 aromatic rings.